The number of nitrogens with zero attached hydrogens (tertiary/aromatic N) is 1. The van der Waals surface area contributed by atoms with E-state index in [-0.39, 0.29) is 0 Å². The Morgan fingerprint density at radius 1 is 1.45 bits per heavy atom. The number of aliphatic imine (C=N–C) groups is 1. The standard InChI is InChI=1S/C9H16N2/c1-4-9(8(2)3)7-11-6-5-10/h4-8H,10H2,1-3H3/b6-5-,9-4+,11-7-. The SMILES string of the molecule is C\C=C(/C=N\C=C/N)C(C)C. The number of hydrogen-bond donors (Lipinski definition) is 1. The van der Waals surface area contributed by atoms with Gasteiger partial charge in [-0.15, -0.1) is 0 Å². The Bertz CT molecular complexity index is 176. The van der Waals surface area contributed by atoms with Crippen LogP contribution in [0.15, 0.2) is 29.0 Å². The van der Waals surface area contributed by atoms with E-state index in [1.807, 2.05) is 13.1 Å². The molecule has 2 heteroatoms. The lowest BCUT2D eigenvalue weighted by atomic mass is 10.1. The highest BCUT2D eigenvalue weighted by molar-refractivity contribution is 5.79. The molecule has 0 aromatic heterocycles. The van der Waals surface area contributed by atoms with Gasteiger partial charge in [0.25, 0.3) is 0 Å². The van der Waals surface area contributed by atoms with Crippen LogP contribution in [-0.2, 0) is 0 Å². The molecule has 0 aromatic carbocycles. The van der Waals surface area contributed by atoms with Gasteiger partial charge < -0.3 is 5.73 Å². The third-order valence-electron chi connectivity index (χ3n) is 1.40. The summed E-state index contributed by atoms with van der Waals surface area (Å²) in [5, 5.41) is 0. The zero-order valence-electron chi connectivity index (χ0n) is 7.41. The molecular formula is C9H16N2. The number of nitrogens with two attached hydrogens (primary N) is 1. The first-order chi connectivity index (χ1) is 5.22. The minimum atomic E-state index is 0.523. The molecule has 0 unspecified atom stereocenters. The van der Waals surface area contributed by atoms with E-state index in [0.29, 0.717) is 5.92 Å². The molecule has 0 heterocycles. The van der Waals surface area contributed by atoms with Gasteiger partial charge in [0.1, 0.15) is 0 Å². The maximum Gasteiger partial charge on any atom is 0.0422 e. The van der Waals surface area contributed by atoms with Gasteiger partial charge in [-0.05, 0) is 18.4 Å². The Balaban J connectivity index is 4.10. The molecule has 0 amide bonds. The predicted octanol–water partition coefficient (Wildman–Crippen LogP) is 2.09. The molecule has 0 radical (unpaired) electrons. The Morgan fingerprint density at radius 3 is 2.45 bits per heavy atom. The summed E-state index contributed by atoms with van der Waals surface area (Å²) >= 11 is 0. The van der Waals surface area contributed by atoms with Crippen LogP contribution >= 0.6 is 0 Å². The minimum Gasteiger partial charge on any atom is -0.403 e. The predicted molar refractivity (Wildman–Crippen MR) is 50.4 cm³/mol. The van der Waals surface area contributed by atoms with Gasteiger partial charge in [0.05, 0.1) is 0 Å². The van der Waals surface area contributed by atoms with Crippen LogP contribution in [0.4, 0.5) is 0 Å². The van der Waals surface area contributed by atoms with E-state index < -0.39 is 0 Å². The van der Waals surface area contributed by atoms with Crippen molar-refractivity contribution in [2.45, 2.75) is 20.8 Å². The van der Waals surface area contributed by atoms with Crippen LogP contribution in [0.1, 0.15) is 20.8 Å². The van der Waals surface area contributed by atoms with Crippen molar-refractivity contribution in [2.24, 2.45) is 16.6 Å². The van der Waals surface area contributed by atoms with Crippen LogP contribution in [0.3, 0.4) is 0 Å². The van der Waals surface area contributed by atoms with Gasteiger partial charge in [-0.3, -0.25) is 4.99 Å². The molecule has 0 fully saturated rings. The lowest BCUT2D eigenvalue weighted by Crippen LogP contribution is -1.94. The highest BCUT2D eigenvalue weighted by Crippen LogP contribution is 2.05. The molecule has 0 aliphatic heterocycles. The summed E-state index contributed by atoms with van der Waals surface area (Å²) in [7, 11) is 0. The average Bonchev–Trinajstić information content (AvgIpc) is 1.97. The molecule has 0 saturated carbocycles. The van der Waals surface area contributed by atoms with Crippen LogP contribution in [-0.4, -0.2) is 6.21 Å². The van der Waals surface area contributed by atoms with Crippen LogP contribution < -0.4 is 5.73 Å². The van der Waals surface area contributed by atoms with Crippen LogP contribution in [0, 0.1) is 5.92 Å². The van der Waals surface area contributed by atoms with Gasteiger partial charge in [-0.2, -0.15) is 0 Å². The first-order valence-electron chi connectivity index (χ1n) is 3.78. The summed E-state index contributed by atoms with van der Waals surface area (Å²) in [5.41, 5.74) is 6.34. The normalized spacial score (nSPS) is 14.0. The first kappa shape index (κ1) is 9.95. The van der Waals surface area contributed by atoms with E-state index in [0.717, 1.165) is 0 Å². The Labute approximate surface area is 68.5 Å². The van der Waals surface area contributed by atoms with Gasteiger partial charge in [0.2, 0.25) is 0 Å². The van der Waals surface area contributed by atoms with E-state index in [1.165, 1.54) is 11.8 Å². The second-order valence-corrected chi connectivity index (χ2v) is 2.56. The Morgan fingerprint density at radius 2 is 2.09 bits per heavy atom. The third-order valence-corrected chi connectivity index (χ3v) is 1.40. The van der Waals surface area contributed by atoms with Crippen molar-refractivity contribution >= 4 is 6.21 Å². The lowest BCUT2D eigenvalue weighted by molar-refractivity contribution is 0.805. The monoisotopic (exact) mass is 152 g/mol. The van der Waals surface area contributed by atoms with E-state index >= 15 is 0 Å². The molecule has 2 nitrogen and oxygen atoms in total. The fraction of sp³-hybridized carbons (Fsp3) is 0.444. The van der Waals surface area contributed by atoms with Gasteiger partial charge in [0.15, 0.2) is 0 Å². The first-order valence-corrected chi connectivity index (χ1v) is 3.78. The zero-order chi connectivity index (χ0) is 8.69. The van der Waals surface area contributed by atoms with Gasteiger partial charge in [-0.1, -0.05) is 19.9 Å². The largest absolute Gasteiger partial charge is 0.403 e. The maximum atomic E-state index is 5.12. The zero-order valence-corrected chi connectivity index (χ0v) is 7.41. The second-order valence-electron chi connectivity index (χ2n) is 2.56. The van der Waals surface area contributed by atoms with Crippen molar-refractivity contribution < 1.29 is 0 Å². The quantitative estimate of drug-likeness (QED) is 0.618. The summed E-state index contributed by atoms with van der Waals surface area (Å²) in [4.78, 5) is 3.98. The Kier molecular flexibility index (Phi) is 5.17. The highest BCUT2D eigenvalue weighted by Gasteiger charge is 1.95. The molecule has 62 valence electrons. The van der Waals surface area contributed by atoms with Crippen molar-refractivity contribution in [1.29, 1.82) is 0 Å². The number of allylic oxidation sites excluding steroid dienone is 2. The van der Waals surface area contributed by atoms with Gasteiger partial charge >= 0.3 is 0 Å². The number of hydrogen-bond acceptors (Lipinski definition) is 2. The molecule has 0 aliphatic rings. The molecule has 0 rings (SSSR count). The summed E-state index contributed by atoms with van der Waals surface area (Å²) in [6.07, 6.45) is 6.88. The molecule has 0 spiro atoms. The molecule has 0 aromatic rings. The van der Waals surface area contributed by atoms with Crippen LogP contribution in [0.25, 0.3) is 0 Å². The second kappa shape index (κ2) is 5.71. The molecule has 0 bridgehead atoms. The lowest BCUT2D eigenvalue weighted by Gasteiger charge is -2.02. The van der Waals surface area contributed by atoms with Gasteiger partial charge in [-0.25, -0.2) is 0 Å². The van der Waals surface area contributed by atoms with Crippen LogP contribution in [0.5, 0.6) is 0 Å². The van der Waals surface area contributed by atoms with Crippen molar-refractivity contribution in [1.82, 2.24) is 0 Å². The highest BCUT2D eigenvalue weighted by atomic mass is 14.7. The summed E-state index contributed by atoms with van der Waals surface area (Å²) in [5.74, 6) is 0.523. The minimum absolute atomic E-state index is 0.523. The van der Waals surface area contributed by atoms with E-state index in [1.54, 1.807) is 6.20 Å². The van der Waals surface area contributed by atoms with Crippen molar-refractivity contribution in [3.8, 4) is 0 Å². The topological polar surface area (TPSA) is 38.4 Å². The third kappa shape index (κ3) is 4.37. The van der Waals surface area contributed by atoms with Crippen molar-refractivity contribution in [3.05, 3.63) is 24.0 Å². The smallest absolute Gasteiger partial charge is 0.0422 e. The molecular weight excluding hydrogens is 136 g/mol. The molecule has 0 aliphatic carbocycles. The maximum absolute atomic E-state index is 5.12. The van der Waals surface area contributed by atoms with Gasteiger partial charge in [0, 0.05) is 18.6 Å². The average molecular weight is 152 g/mol. The fourth-order valence-corrected chi connectivity index (χ4v) is 0.736. The summed E-state index contributed by atoms with van der Waals surface area (Å²) < 4.78 is 0. The van der Waals surface area contributed by atoms with E-state index in [4.69, 9.17) is 5.73 Å². The molecule has 0 saturated heterocycles. The summed E-state index contributed by atoms with van der Waals surface area (Å²) in [6, 6.07) is 0. The summed E-state index contributed by atoms with van der Waals surface area (Å²) in [6.45, 7) is 6.27. The Hall–Kier alpha value is -1.05. The molecule has 0 atom stereocenters. The fourth-order valence-electron chi connectivity index (χ4n) is 0.736. The molecule has 11 heavy (non-hydrogen) atoms. The van der Waals surface area contributed by atoms with E-state index in [9.17, 15) is 0 Å². The van der Waals surface area contributed by atoms with Crippen molar-refractivity contribution in [2.75, 3.05) is 0 Å². The van der Waals surface area contributed by atoms with Crippen molar-refractivity contribution in [3.63, 3.8) is 0 Å². The van der Waals surface area contributed by atoms with Crippen LogP contribution in [0.2, 0.25) is 0 Å². The number of rotatable bonds is 3. The van der Waals surface area contributed by atoms with E-state index in [2.05, 4.69) is 24.9 Å². The molecule has 2 N–H and O–H groups in total.